The molecular weight excluding hydrogens is 378 g/mol. The fourth-order valence-corrected chi connectivity index (χ4v) is 3.09. The summed E-state index contributed by atoms with van der Waals surface area (Å²) in [5.41, 5.74) is 2.04. The number of aryl methyl sites for hydroxylation is 2. The van der Waals surface area contributed by atoms with Crippen molar-refractivity contribution < 1.29 is 13.9 Å². The molecule has 0 saturated heterocycles. The van der Waals surface area contributed by atoms with Crippen LogP contribution in [0, 0.1) is 6.92 Å². The lowest BCUT2D eigenvalue weighted by atomic mass is 10.1. The summed E-state index contributed by atoms with van der Waals surface area (Å²) < 4.78 is 11.4. The zero-order valence-corrected chi connectivity index (χ0v) is 16.8. The maximum Gasteiger partial charge on any atom is 0.247 e. The van der Waals surface area contributed by atoms with Crippen molar-refractivity contribution in [3.63, 3.8) is 0 Å². The van der Waals surface area contributed by atoms with Crippen LogP contribution in [0.15, 0.2) is 71.1 Å². The van der Waals surface area contributed by atoms with E-state index >= 15 is 0 Å². The number of carbonyl (C=O) groups is 1. The number of ether oxygens (including phenoxy) is 1. The zero-order valence-electron chi connectivity index (χ0n) is 16.8. The molecule has 1 amide bonds. The summed E-state index contributed by atoms with van der Waals surface area (Å²) in [6.45, 7) is 2.86. The van der Waals surface area contributed by atoms with Gasteiger partial charge in [-0.2, -0.15) is 0 Å². The van der Waals surface area contributed by atoms with Crippen LogP contribution >= 0.6 is 0 Å². The van der Waals surface area contributed by atoms with Crippen LogP contribution in [-0.4, -0.2) is 29.3 Å². The molecule has 1 aromatic heterocycles. The van der Waals surface area contributed by atoms with Gasteiger partial charge in [0.2, 0.25) is 17.7 Å². The molecule has 30 heavy (non-hydrogen) atoms. The Morgan fingerprint density at radius 3 is 2.63 bits per heavy atom. The molecule has 1 N–H and O–H groups in total. The maximum absolute atomic E-state index is 12.1. The van der Waals surface area contributed by atoms with Gasteiger partial charge in [0.05, 0.1) is 6.54 Å². The van der Waals surface area contributed by atoms with Crippen LogP contribution in [0.3, 0.4) is 0 Å². The van der Waals surface area contributed by atoms with Gasteiger partial charge in [-0.15, -0.1) is 10.2 Å². The van der Waals surface area contributed by atoms with Crippen molar-refractivity contribution in [1.82, 2.24) is 15.5 Å². The third kappa shape index (κ3) is 5.03. The molecule has 3 aromatic carbocycles. The summed E-state index contributed by atoms with van der Waals surface area (Å²) in [5, 5.41) is 13.2. The van der Waals surface area contributed by atoms with Crippen LogP contribution in [0.1, 0.15) is 17.9 Å². The Kier molecular flexibility index (Phi) is 6.03. The number of hydrogen-bond donors (Lipinski definition) is 1. The summed E-state index contributed by atoms with van der Waals surface area (Å²) in [4.78, 5) is 12.1. The predicted molar refractivity (Wildman–Crippen MR) is 115 cm³/mol. The number of amides is 1. The highest BCUT2D eigenvalue weighted by molar-refractivity contribution is 5.83. The average molecular weight is 401 g/mol. The molecule has 4 aromatic rings. The van der Waals surface area contributed by atoms with Crippen LogP contribution in [0.4, 0.5) is 0 Å². The van der Waals surface area contributed by atoms with E-state index in [0.717, 1.165) is 16.7 Å². The highest BCUT2D eigenvalue weighted by Gasteiger charge is 2.10. The molecule has 6 nitrogen and oxygen atoms in total. The van der Waals surface area contributed by atoms with Crippen molar-refractivity contribution in [2.75, 3.05) is 13.2 Å². The van der Waals surface area contributed by atoms with Gasteiger partial charge in [-0.3, -0.25) is 4.79 Å². The molecule has 1 heterocycles. The van der Waals surface area contributed by atoms with E-state index in [1.807, 2.05) is 67.6 Å². The van der Waals surface area contributed by atoms with Gasteiger partial charge in [0, 0.05) is 18.4 Å². The second-order valence-corrected chi connectivity index (χ2v) is 7.07. The van der Waals surface area contributed by atoms with E-state index in [9.17, 15) is 4.79 Å². The SMILES string of the molecule is Cc1ccc(-c2nnc(CCC(=O)NCCOc3ccc4ccccc4c3)o2)cc1. The highest BCUT2D eigenvalue weighted by Crippen LogP contribution is 2.20. The van der Waals surface area contributed by atoms with E-state index in [2.05, 4.69) is 21.6 Å². The minimum atomic E-state index is -0.0767. The summed E-state index contributed by atoms with van der Waals surface area (Å²) in [5.74, 6) is 1.63. The minimum absolute atomic E-state index is 0.0767. The normalized spacial score (nSPS) is 10.8. The molecule has 4 rings (SSSR count). The summed E-state index contributed by atoms with van der Waals surface area (Å²) in [7, 11) is 0. The summed E-state index contributed by atoms with van der Waals surface area (Å²) in [6, 6.07) is 21.9. The molecule has 0 atom stereocenters. The number of nitrogens with one attached hydrogen (secondary N) is 1. The zero-order chi connectivity index (χ0) is 20.8. The Hall–Kier alpha value is -3.67. The molecule has 6 heteroatoms. The minimum Gasteiger partial charge on any atom is -0.492 e. The molecule has 0 unspecified atom stereocenters. The molecule has 0 fully saturated rings. The number of hydrogen-bond acceptors (Lipinski definition) is 5. The van der Waals surface area contributed by atoms with E-state index in [4.69, 9.17) is 9.15 Å². The van der Waals surface area contributed by atoms with E-state index in [-0.39, 0.29) is 12.3 Å². The smallest absolute Gasteiger partial charge is 0.247 e. The highest BCUT2D eigenvalue weighted by atomic mass is 16.5. The standard InChI is InChI=1S/C24H23N3O3/c1-17-6-8-19(9-7-17)24-27-26-23(30-24)13-12-22(28)25-14-15-29-21-11-10-18-4-2-3-5-20(18)16-21/h2-11,16H,12-15H2,1H3,(H,25,28). The second kappa shape index (κ2) is 9.22. The molecule has 0 spiro atoms. The lowest BCUT2D eigenvalue weighted by Gasteiger charge is -2.08. The van der Waals surface area contributed by atoms with Crippen molar-refractivity contribution in [3.05, 3.63) is 78.2 Å². The van der Waals surface area contributed by atoms with E-state index < -0.39 is 0 Å². The van der Waals surface area contributed by atoms with Crippen molar-refractivity contribution >= 4 is 16.7 Å². The summed E-state index contributed by atoms with van der Waals surface area (Å²) >= 11 is 0. The molecule has 0 aliphatic rings. The van der Waals surface area contributed by atoms with Gasteiger partial charge < -0.3 is 14.5 Å². The van der Waals surface area contributed by atoms with Crippen LogP contribution in [0.25, 0.3) is 22.2 Å². The lowest BCUT2D eigenvalue weighted by molar-refractivity contribution is -0.121. The second-order valence-electron chi connectivity index (χ2n) is 7.07. The monoisotopic (exact) mass is 401 g/mol. The molecule has 0 bridgehead atoms. The first-order valence-electron chi connectivity index (χ1n) is 9.95. The van der Waals surface area contributed by atoms with Crippen LogP contribution < -0.4 is 10.1 Å². The lowest BCUT2D eigenvalue weighted by Crippen LogP contribution is -2.28. The molecular formula is C24H23N3O3. The fourth-order valence-electron chi connectivity index (χ4n) is 3.09. The number of aromatic nitrogens is 2. The average Bonchev–Trinajstić information content (AvgIpc) is 3.25. The maximum atomic E-state index is 12.1. The quantitative estimate of drug-likeness (QED) is 0.445. The van der Waals surface area contributed by atoms with E-state index in [0.29, 0.717) is 31.4 Å². The molecule has 0 aliphatic carbocycles. The molecule has 0 radical (unpaired) electrons. The Morgan fingerprint density at radius 2 is 1.80 bits per heavy atom. The molecule has 152 valence electrons. The molecule has 0 aliphatic heterocycles. The van der Waals surface area contributed by atoms with Crippen molar-refractivity contribution in [2.45, 2.75) is 19.8 Å². The van der Waals surface area contributed by atoms with Gasteiger partial charge in [0.25, 0.3) is 0 Å². The number of carbonyl (C=O) groups excluding carboxylic acids is 1. The first-order valence-corrected chi connectivity index (χ1v) is 9.95. The topological polar surface area (TPSA) is 77.2 Å². The number of rotatable bonds is 8. The van der Waals surface area contributed by atoms with Crippen molar-refractivity contribution in [3.8, 4) is 17.2 Å². The largest absolute Gasteiger partial charge is 0.492 e. The summed E-state index contributed by atoms with van der Waals surface area (Å²) in [6.07, 6.45) is 0.682. The first-order chi connectivity index (χ1) is 14.7. The predicted octanol–water partition coefficient (Wildman–Crippen LogP) is 4.33. The van der Waals surface area contributed by atoms with Crippen LogP contribution in [0.5, 0.6) is 5.75 Å². The van der Waals surface area contributed by atoms with Gasteiger partial charge in [0.1, 0.15) is 12.4 Å². The molecule has 0 saturated carbocycles. The van der Waals surface area contributed by atoms with Gasteiger partial charge in [0.15, 0.2) is 0 Å². The Balaban J connectivity index is 1.19. The number of fused-ring (bicyclic) bond motifs is 1. The van der Waals surface area contributed by atoms with Crippen molar-refractivity contribution in [1.29, 1.82) is 0 Å². The van der Waals surface area contributed by atoms with Crippen LogP contribution in [-0.2, 0) is 11.2 Å². The third-order valence-corrected chi connectivity index (χ3v) is 4.75. The van der Waals surface area contributed by atoms with Gasteiger partial charge in [-0.25, -0.2) is 0 Å². The Morgan fingerprint density at radius 1 is 1.00 bits per heavy atom. The fraction of sp³-hybridized carbons (Fsp3) is 0.208. The van der Waals surface area contributed by atoms with E-state index in [1.165, 1.54) is 10.9 Å². The van der Waals surface area contributed by atoms with Gasteiger partial charge in [-0.1, -0.05) is 48.0 Å². The number of benzene rings is 3. The van der Waals surface area contributed by atoms with Crippen molar-refractivity contribution in [2.24, 2.45) is 0 Å². The first kappa shape index (κ1) is 19.6. The third-order valence-electron chi connectivity index (χ3n) is 4.75. The van der Waals surface area contributed by atoms with Crippen LogP contribution in [0.2, 0.25) is 0 Å². The van der Waals surface area contributed by atoms with Gasteiger partial charge >= 0.3 is 0 Å². The Bertz CT molecular complexity index is 1140. The Labute approximate surface area is 174 Å². The van der Waals surface area contributed by atoms with Gasteiger partial charge in [-0.05, 0) is 42.0 Å². The van der Waals surface area contributed by atoms with E-state index in [1.54, 1.807) is 0 Å². The number of nitrogens with zero attached hydrogens (tertiary/aromatic N) is 2.